The zero-order valence-electron chi connectivity index (χ0n) is 10.6. The van der Waals surface area contributed by atoms with Gasteiger partial charge in [0, 0.05) is 25.8 Å². The topological polar surface area (TPSA) is 93.5 Å². The fourth-order valence-corrected chi connectivity index (χ4v) is 1.42. The van der Waals surface area contributed by atoms with Crippen LogP contribution in [-0.4, -0.2) is 37.6 Å². The van der Waals surface area contributed by atoms with Crippen molar-refractivity contribution in [2.45, 2.75) is 0 Å². The molecule has 0 heterocycles. The summed E-state index contributed by atoms with van der Waals surface area (Å²) in [4.78, 5) is 21.1. The van der Waals surface area contributed by atoms with Crippen molar-refractivity contribution in [1.82, 2.24) is 5.32 Å². The minimum Gasteiger partial charge on any atom is -0.383 e. The molecule has 0 radical (unpaired) electrons. The number of carbonyl (C=O) groups excluding carboxylic acids is 1. The number of nitro groups is 1. The molecule has 110 valence electrons. The lowest BCUT2D eigenvalue weighted by molar-refractivity contribution is -0.386. The van der Waals surface area contributed by atoms with E-state index in [1.165, 1.54) is 7.11 Å². The molecule has 1 aromatic rings. The van der Waals surface area contributed by atoms with Crippen molar-refractivity contribution >= 4 is 17.3 Å². The molecule has 0 aliphatic carbocycles. The number of amides is 1. The van der Waals surface area contributed by atoms with Crippen LogP contribution in [0.3, 0.4) is 0 Å². The van der Waals surface area contributed by atoms with E-state index >= 15 is 0 Å². The first kappa shape index (κ1) is 15.8. The molecule has 0 spiro atoms. The highest BCUT2D eigenvalue weighted by Gasteiger charge is 2.22. The van der Waals surface area contributed by atoms with Crippen LogP contribution < -0.4 is 10.6 Å². The molecule has 0 aliphatic rings. The summed E-state index contributed by atoms with van der Waals surface area (Å²) in [6.45, 7) is 0.213. The van der Waals surface area contributed by atoms with Gasteiger partial charge in [0.2, 0.25) is 11.7 Å². The highest BCUT2D eigenvalue weighted by molar-refractivity contribution is 5.81. The maximum Gasteiger partial charge on any atom is 0.327 e. The molecule has 0 aromatic heterocycles. The number of hydrogen-bond donors (Lipinski definition) is 2. The van der Waals surface area contributed by atoms with Crippen molar-refractivity contribution in [3.8, 4) is 0 Å². The molecule has 0 unspecified atom stereocenters. The summed E-state index contributed by atoms with van der Waals surface area (Å²) in [5.41, 5.74) is -1.30. The van der Waals surface area contributed by atoms with Crippen LogP contribution in [0.15, 0.2) is 12.1 Å². The second-order valence-corrected chi connectivity index (χ2v) is 3.74. The summed E-state index contributed by atoms with van der Waals surface area (Å²) < 4.78 is 31.0. The van der Waals surface area contributed by atoms with Crippen molar-refractivity contribution in [3.05, 3.63) is 33.9 Å². The summed E-state index contributed by atoms with van der Waals surface area (Å²) >= 11 is 0. The number of nitrogens with one attached hydrogen (secondary N) is 2. The maximum atomic E-state index is 13.3. The Hall–Kier alpha value is -2.29. The molecule has 7 nitrogen and oxygen atoms in total. The number of carbonyl (C=O) groups is 1. The molecule has 0 bridgehead atoms. The van der Waals surface area contributed by atoms with E-state index in [2.05, 4.69) is 10.6 Å². The second kappa shape index (κ2) is 7.34. The number of halogens is 2. The Bertz CT molecular complexity index is 511. The molecule has 2 N–H and O–H groups in total. The lowest BCUT2D eigenvalue weighted by atomic mass is 10.2. The van der Waals surface area contributed by atoms with Gasteiger partial charge in [-0.1, -0.05) is 0 Å². The second-order valence-electron chi connectivity index (χ2n) is 3.74. The van der Waals surface area contributed by atoms with Crippen molar-refractivity contribution in [3.63, 3.8) is 0 Å². The molecular weight excluding hydrogens is 276 g/mol. The monoisotopic (exact) mass is 289 g/mol. The van der Waals surface area contributed by atoms with Crippen LogP contribution in [0.1, 0.15) is 0 Å². The largest absolute Gasteiger partial charge is 0.383 e. The first-order valence-electron chi connectivity index (χ1n) is 5.58. The van der Waals surface area contributed by atoms with Crippen LogP contribution >= 0.6 is 0 Å². The molecule has 0 aliphatic heterocycles. The SMILES string of the molecule is COCCNC(=O)CNc1cc(F)cc(F)c1[N+](=O)[O-]. The third-order valence-electron chi connectivity index (χ3n) is 2.28. The molecular formula is C11H13F2N3O4. The van der Waals surface area contributed by atoms with Crippen LogP contribution in [-0.2, 0) is 9.53 Å². The number of anilines is 1. The summed E-state index contributed by atoms with van der Waals surface area (Å²) in [7, 11) is 1.46. The average molecular weight is 289 g/mol. The first-order chi connectivity index (χ1) is 9.45. The van der Waals surface area contributed by atoms with Gasteiger partial charge in [-0.15, -0.1) is 0 Å². The van der Waals surface area contributed by atoms with Gasteiger partial charge in [0.25, 0.3) is 0 Å². The minimum atomic E-state index is -1.31. The van der Waals surface area contributed by atoms with E-state index in [0.717, 1.165) is 6.07 Å². The number of rotatable bonds is 7. The lowest BCUT2D eigenvalue weighted by Gasteiger charge is -2.08. The quantitative estimate of drug-likeness (QED) is 0.444. The Kier molecular flexibility index (Phi) is 5.78. The van der Waals surface area contributed by atoms with E-state index < -0.39 is 33.8 Å². The molecule has 1 aromatic carbocycles. The molecule has 0 saturated heterocycles. The molecule has 0 saturated carbocycles. The van der Waals surface area contributed by atoms with Gasteiger partial charge < -0.3 is 15.4 Å². The summed E-state index contributed by atoms with van der Waals surface area (Å²) in [6.07, 6.45) is 0. The number of nitro benzene ring substituents is 1. The smallest absolute Gasteiger partial charge is 0.327 e. The standard InChI is InChI=1S/C11H13F2N3O4/c1-20-3-2-14-10(17)6-15-9-5-7(12)4-8(13)11(9)16(18)19/h4-5,15H,2-3,6H2,1H3,(H,14,17). The van der Waals surface area contributed by atoms with E-state index in [9.17, 15) is 23.7 Å². The lowest BCUT2D eigenvalue weighted by Crippen LogP contribution is -2.32. The number of nitrogens with zero attached hydrogens (tertiary/aromatic N) is 1. The van der Waals surface area contributed by atoms with Gasteiger partial charge in [-0.2, -0.15) is 4.39 Å². The number of methoxy groups -OCH3 is 1. The van der Waals surface area contributed by atoms with Gasteiger partial charge in [-0.3, -0.25) is 14.9 Å². The predicted octanol–water partition coefficient (Wildman–Crippen LogP) is 1.05. The Balaban J connectivity index is 2.72. The van der Waals surface area contributed by atoms with E-state index in [-0.39, 0.29) is 13.1 Å². The van der Waals surface area contributed by atoms with E-state index in [4.69, 9.17) is 4.74 Å². The van der Waals surface area contributed by atoms with Crippen LogP contribution in [0.5, 0.6) is 0 Å². The maximum absolute atomic E-state index is 13.3. The van der Waals surface area contributed by atoms with Crippen LogP contribution in [0, 0.1) is 21.7 Å². The average Bonchev–Trinajstić information content (AvgIpc) is 2.35. The summed E-state index contributed by atoms with van der Waals surface area (Å²) in [5.74, 6) is -2.77. The third-order valence-corrected chi connectivity index (χ3v) is 2.28. The van der Waals surface area contributed by atoms with Gasteiger partial charge in [0.15, 0.2) is 0 Å². The van der Waals surface area contributed by atoms with Crippen molar-refractivity contribution in [2.75, 3.05) is 32.1 Å². The van der Waals surface area contributed by atoms with Gasteiger partial charge in [0.05, 0.1) is 18.1 Å². The Morgan fingerprint density at radius 2 is 2.15 bits per heavy atom. The highest BCUT2D eigenvalue weighted by Crippen LogP contribution is 2.28. The Morgan fingerprint density at radius 1 is 1.45 bits per heavy atom. The summed E-state index contributed by atoms with van der Waals surface area (Å²) in [6, 6.07) is 1.16. The van der Waals surface area contributed by atoms with Crippen LogP contribution in [0.25, 0.3) is 0 Å². The zero-order valence-corrected chi connectivity index (χ0v) is 10.6. The fraction of sp³-hybridized carbons (Fsp3) is 0.364. The van der Waals surface area contributed by atoms with Crippen molar-refractivity contribution in [1.29, 1.82) is 0 Å². The Labute approximate surface area is 113 Å². The van der Waals surface area contributed by atoms with E-state index in [0.29, 0.717) is 12.7 Å². The molecule has 20 heavy (non-hydrogen) atoms. The first-order valence-corrected chi connectivity index (χ1v) is 5.58. The fourth-order valence-electron chi connectivity index (χ4n) is 1.42. The van der Waals surface area contributed by atoms with Crippen LogP contribution in [0.2, 0.25) is 0 Å². The van der Waals surface area contributed by atoms with E-state index in [1.807, 2.05) is 0 Å². The van der Waals surface area contributed by atoms with Gasteiger partial charge in [-0.05, 0) is 0 Å². The minimum absolute atomic E-state index is 0.261. The Morgan fingerprint density at radius 3 is 2.75 bits per heavy atom. The molecule has 1 rings (SSSR count). The zero-order chi connectivity index (χ0) is 15.1. The molecule has 0 fully saturated rings. The predicted molar refractivity (Wildman–Crippen MR) is 66.4 cm³/mol. The van der Waals surface area contributed by atoms with Gasteiger partial charge in [-0.25, -0.2) is 4.39 Å². The highest BCUT2D eigenvalue weighted by atomic mass is 19.1. The molecule has 9 heteroatoms. The number of ether oxygens (including phenoxy) is 1. The number of benzene rings is 1. The van der Waals surface area contributed by atoms with Gasteiger partial charge in [0.1, 0.15) is 11.5 Å². The summed E-state index contributed by atoms with van der Waals surface area (Å²) in [5, 5.41) is 15.5. The van der Waals surface area contributed by atoms with E-state index in [1.54, 1.807) is 0 Å². The van der Waals surface area contributed by atoms with Gasteiger partial charge >= 0.3 is 5.69 Å². The third kappa shape index (κ3) is 4.43. The number of hydrogen-bond acceptors (Lipinski definition) is 5. The normalized spacial score (nSPS) is 10.2. The van der Waals surface area contributed by atoms with Crippen molar-refractivity contribution < 1.29 is 23.2 Å². The van der Waals surface area contributed by atoms with Crippen molar-refractivity contribution in [2.24, 2.45) is 0 Å². The molecule has 0 atom stereocenters. The van der Waals surface area contributed by atoms with Crippen LogP contribution in [0.4, 0.5) is 20.2 Å². The molecule has 1 amide bonds.